The van der Waals surface area contributed by atoms with Crippen molar-refractivity contribution in [1.82, 2.24) is 5.32 Å². The van der Waals surface area contributed by atoms with Gasteiger partial charge in [0.1, 0.15) is 18.1 Å². The normalized spacial score (nSPS) is 18.2. The maximum atomic E-state index is 5.71. The van der Waals surface area contributed by atoms with Gasteiger partial charge < -0.3 is 14.8 Å². The predicted molar refractivity (Wildman–Crippen MR) is 79.2 cm³/mol. The van der Waals surface area contributed by atoms with Crippen molar-refractivity contribution in [3.8, 4) is 11.5 Å². The summed E-state index contributed by atoms with van der Waals surface area (Å²) in [6.45, 7) is 2.83. The molecule has 0 aliphatic carbocycles. The van der Waals surface area contributed by atoms with Gasteiger partial charge in [0.15, 0.2) is 0 Å². The Kier molecular flexibility index (Phi) is 3.61. The summed E-state index contributed by atoms with van der Waals surface area (Å²) in [6, 6.07) is 16.7. The molecule has 2 aromatic carbocycles. The van der Waals surface area contributed by atoms with Crippen LogP contribution in [0.5, 0.6) is 11.5 Å². The summed E-state index contributed by atoms with van der Waals surface area (Å²) in [7, 11) is 1.71. The topological polar surface area (TPSA) is 30.5 Å². The summed E-state index contributed by atoms with van der Waals surface area (Å²) in [6.07, 6.45) is 0. The van der Waals surface area contributed by atoms with E-state index in [2.05, 4.69) is 30.4 Å². The summed E-state index contributed by atoms with van der Waals surface area (Å²) < 4.78 is 11.1. The van der Waals surface area contributed by atoms with Crippen molar-refractivity contribution in [2.75, 3.05) is 13.7 Å². The van der Waals surface area contributed by atoms with Gasteiger partial charge in [-0.25, -0.2) is 0 Å². The molecule has 2 atom stereocenters. The van der Waals surface area contributed by atoms with E-state index in [0.29, 0.717) is 6.61 Å². The van der Waals surface area contributed by atoms with Gasteiger partial charge in [0.05, 0.1) is 13.2 Å². The first kappa shape index (κ1) is 13.0. The molecule has 3 heteroatoms. The van der Waals surface area contributed by atoms with Gasteiger partial charge in [-0.3, -0.25) is 0 Å². The van der Waals surface area contributed by atoms with E-state index in [1.54, 1.807) is 7.11 Å². The van der Waals surface area contributed by atoms with Crippen LogP contribution >= 0.6 is 0 Å². The number of ether oxygens (including phenoxy) is 2. The number of para-hydroxylation sites is 2. The van der Waals surface area contributed by atoms with Gasteiger partial charge in [0.25, 0.3) is 0 Å². The molecule has 0 saturated carbocycles. The highest BCUT2D eigenvalue weighted by atomic mass is 16.5. The maximum Gasteiger partial charge on any atom is 0.124 e. The molecular formula is C17H19NO2. The summed E-state index contributed by atoms with van der Waals surface area (Å²) in [5.41, 5.74) is 2.40. The zero-order chi connectivity index (χ0) is 13.9. The maximum absolute atomic E-state index is 5.71. The molecular weight excluding hydrogens is 250 g/mol. The van der Waals surface area contributed by atoms with Crippen LogP contribution in [0.1, 0.15) is 30.1 Å². The van der Waals surface area contributed by atoms with Crippen LogP contribution in [-0.4, -0.2) is 13.7 Å². The summed E-state index contributed by atoms with van der Waals surface area (Å²) in [5, 5.41) is 3.62. The second kappa shape index (κ2) is 5.55. The van der Waals surface area contributed by atoms with E-state index in [9.17, 15) is 0 Å². The largest absolute Gasteiger partial charge is 0.496 e. The van der Waals surface area contributed by atoms with Crippen molar-refractivity contribution in [3.05, 3.63) is 59.7 Å². The molecule has 3 rings (SSSR count). The number of methoxy groups -OCH3 is 1. The highest BCUT2D eigenvalue weighted by Gasteiger charge is 2.25. The lowest BCUT2D eigenvalue weighted by molar-refractivity contribution is 0.299. The Morgan fingerprint density at radius 3 is 2.75 bits per heavy atom. The van der Waals surface area contributed by atoms with E-state index in [4.69, 9.17) is 9.47 Å². The van der Waals surface area contributed by atoms with E-state index in [1.165, 1.54) is 11.1 Å². The number of hydrogen-bond donors (Lipinski definition) is 1. The van der Waals surface area contributed by atoms with E-state index in [-0.39, 0.29) is 12.1 Å². The van der Waals surface area contributed by atoms with Crippen LogP contribution < -0.4 is 14.8 Å². The fourth-order valence-corrected chi connectivity index (χ4v) is 2.72. The van der Waals surface area contributed by atoms with Crippen molar-refractivity contribution in [3.63, 3.8) is 0 Å². The Bertz CT molecular complexity index is 597. The third-order valence-electron chi connectivity index (χ3n) is 3.76. The van der Waals surface area contributed by atoms with Crippen LogP contribution in [0.4, 0.5) is 0 Å². The van der Waals surface area contributed by atoms with Crippen molar-refractivity contribution in [2.24, 2.45) is 0 Å². The van der Waals surface area contributed by atoms with Crippen molar-refractivity contribution in [2.45, 2.75) is 19.0 Å². The molecule has 104 valence electrons. The molecule has 0 spiro atoms. The quantitative estimate of drug-likeness (QED) is 0.921. The van der Waals surface area contributed by atoms with E-state index >= 15 is 0 Å². The standard InChI is InChI=1S/C17H19NO2/c1-12(13-7-3-5-9-16(13)19-2)18-15-11-20-17-10-6-4-8-14(15)17/h3-10,12,15,18H,11H2,1-2H3. The lowest BCUT2D eigenvalue weighted by Gasteiger charge is -2.21. The summed E-state index contributed by atoms with van der Waals surface area (Å²) in [5.74, 6) is 1.90. The lowest BCUT2D eigenvalue weighted by atomic mass is 10.0. The smallest absolute Gasteiger partial charge is 0.124 e. The van der Waals surface area contributed by atoms with Gasteiger partial charge in [-0.15, -0.1) is 0 Å². The molecule has 0 aromatic heterocycles. The Balaban J connectivity index is 1.79. The first-order chi connectivity index (χ1) is 9.79. The number of benzene rings is 2. The second-order valence-corrected chi connectivity index (χ2v) is 5.03. The molecule has 0 saturated heterocycles. The molecule has 2 unspecified atom stereocenters. The molecule has 0 amide bonds. The summed E-state index contributed by atoms with van der Waals surface area (Å²) >= 11 is 0. The third-order valence-corrected chi connectivity index (χ3v) is 3.76. The average molecular weight is 269 g/mol. The number of hydrogen-bond acceptors (Lipinski definition) is 3. The van der Waals surface area contributed by atoms with Crippen LogP contribution in [0.3, 0.4) is 0 Å². The molecule has 0 radical (unpaired) electrons. The predicted octanol–water partition coefficient (Wildman–Crippen LogP) is 3.48. The fraction of sp³-hybridized carbons (Fsp3) is 0.294. The first-order valence-corrected chi connectivity index (χ1v) is 6.90. The SMILES string of the molecule is COc1ccccc1C(C)NC1COc2ccccc21. The highest BCUT2D eigenvalue weighted by Crippen LogP contribution is 2.34. The molecule has 1 heterocycles. The number of nitrogens with one attached hydrogen (secondary N) is 1. The van der Waals surface area contributed by atoms with Gasteiger partial charge >= 0.3 is 0 Å². The Morgan fingerprint density at radius 1 is 1.15 bits per heavy atom. The minimum atomic E-state index is 0.200. The van der Waals surface area contributed by atoms with Gasteiger partial charge in [-0.2, -0.15) is 0 Å². The van der Waals surface area contributed by atoms with Crippen molar-refractivity contribution < 1.29 is 9.47 Å². The Labute approximate surface area is 119 Å². The van der Waals surface area contributed by atoms with Crippen LogP contribution in [-0.2, 0) is 0 Å². The van der Waals surface area contributed by atoms with E-state index in [1.807, 2.05) is 30.3 Å². The Morgan fingerprint density at radius 2 is 1.90 bits per heavy atom. The molecule has 3 nitrogen and oxygen atoms in total. The molecule has 2 aromatic rings. The van der Waals surface area contributed by atoms with Crippen LogP contribution in [0.25, 0.3) is 0 Å². The van der Waals surface area contributed by atoms with Crippen molar-refractivity contribution in [1.29, 1.82) is 0 Å². The minimum absolute atomic E-state index is 0.200. The minimum Gasteiger partial charge on any atom is -0.496 e. The fourth-order valence-electron chi connectivity index (χ4n) is 2.72. The molecule has 1 N–H and O–H groups in total. The summed E-state index contributed by atoms with van der Waals surface area (Å²) in [4.78, 5) is 0. The second-order valence-electron chi connectivity index (χ2n) is 5.03. The van der Waals surface area contributed by atoms with Gasteiger partial charge in [-0.1, -0.05) is 36.4 Å². The van der Waals surface area contributed by atoms with Crippen LogP contribution in [0.15, 0.2) is 48.5 Å². The molecule has 0 bridgehead atoms. The van der Waals surface area contributed by atoms with Gasteiger partial charge in [0.2, 0.25) is 0 Å². The molecule has 0 fully saturated rings. The molecule has 20 heavy (non-hydrogen) atoms. The number of fused-ring (bicyclic) bond motifs is 1. The average Bonchev–Trinajstić information content (AvgIpc) is 2.90. The van der Waals surface area contributed by atoms with Crippen molar-refractivity contribution >= 4 is 0 Å². The van der Waals surface area contributed by atoms with Gasteiger partial charge in [-0.05, 0) is 19.1 Å². The van der Waals surface area contributed by atoms with Crippen LogP contribution in [0, 0.1) is 0 Å². The zero-order valence-electron chi connectivity index (χ0n) is 11.8. The number of rotatable bonds is 4. The third kappa shape index (κ3) is 2.37. The highest BCUT2D eigenvalue weighted by molar-refractivity contribution is 5.40. The monoisotopic (exact) mass is 269 g/mol. The molecule has 1 aliphatic heterocycles. The molecule has 1 aliphatic rings. The van der Waals surface area contributed by atoms with Crippen LogP contribution in [0.2, 0.25) is 0 Å². The van der Waals surface area contributed by atoms with Gasteiger partial charge in [0, 0.05) is 17.2 Å². The zero-order valence-corrected chi connectivity index (χ0v) is 11.8. The van der Waals surface area contributed by atoms with E-state index in [0.717, 1.165) is 11.5 Å². The lowest BCUT2D eigenvalue weighted by Crippen LogP contribution is -2.26. The first-order valence-electron chi connectivity index (χ1n) is 6.90. The Hall–Kier alpha value is -2.00. The van der Waals surface area contributed by atoms with E-state index < -0.39 is 0 Å².